The summed E-state index contributed by atoms with van der Waals surface area (Å²) in [5.74, 6) is 0.287. The Balaban J connectivity index is 1.97. The highest BCUT2D eigenvalue weighted by Gasteiger charge is 2.35. The molecule has 0 atom stereocenters. The van der Waals surface area contributed by atoms with E-state index in [1.807, 2.05) is 0 Å². The number of phenols is 2. The summed E-state index contributed by atoms with van der Waals surface area (Å²) in [6.07, 6.45) is 1.61. The van der Waals surface area contributed by atoms with Crippen LogP contribution in [0.5, 0.6) is 23.0 Å². The molecule has 134 valence electrons. The van der Waals surface area contributed by atoms with E-state index in [0.29, 0.717) is 32.0 Å². The monoisotopic (exact) mass is 389 g/mol. The molecule has 6 nitrogen and oxygen atoms in total. The number of carbonyl (C=O) groups is 1. The van der Waals surface area contributed by atoms with Gasteiger partial charge in [0, 0.05) is 6.07 Å². The number of anilines is 1. The Morgan fingerprint density at radius 1 is 1.08 bits per heavy atom. The van der Waals surface area contributed by atoms with Gasteiger partial charge in [0.1, 0.15) is 11.5 Å². The van der Waals surface area contributed by atoms with Crippen molar-refractivity contribution in [2.45, 2.75) is 0 Å². The van der Waals surface area contributed by atoms with Crippen molar-refractivity contribution in [2.75, 3.05) is 19.1 Å². The highest BCUT2D eigenvalue weighted by Crippen LogP contribution is 2.41. The molecule has 0 saturated carbocycles. The first-order chi connectivity index (χ1) is 12.4. The van der Waals surface area contributed by atoms with Crippen molar-refractivity contribution >= 4 is 46.0 Å². The van der Waals surface area contributed by atoms with Crippen LogP contribution >= 0.6 is 24.0 Å². The number of nitrogens with zero attached hydrogens (tertiary/aromatic N) is 1. The molecule has 1 saturated heterocycles. The zero-order valence-electron chi connectivity index (χ0n) is 13.9. The fourth-order valence-electron chi connectivity index (χ4n) is 2.43. The van der Waals surface area contributed by atoms with Gasteiger partial charge in [-0.15, -0.1) is 0 Å². The van der Waals surface area contributed by atoms with Gasteiger partial charge in [0.2, 0.25) is 0 Å². The van der Waals surface area contributed by atoms with Gasteiger partial charge < -0.3 is 19.7 Å². The Hall–Kier alpha value is -2.71. The second-order valence-corrected chi connectivity index (χ2v) is 6.98. The molecule has 0 spiro atoms. The van der Waals surface area contributed by atoms with Crippen LogP contribution in [0.25, 0.3) is 6.08 Å². The average molecular weight is 389 g/mol. The van der Waals surface area contributed by atoms with Crippen LogP contribution in [-0.4, -0.2) is 34.7 Å². The molecule has 8 heteroatoms. The molecule has 2 aromatic rings. The van der Waals surface area contributed by atoms with Gasteiger partial charge in [0.15, 0.2) is 15.8 Å². The van der Waals surface area contributed by atoms with Crippen LogP contribution < -0.4 is 14.4 Å². The number of benzene rings is 2. The first kappa shape index (κ1) is 18.1. The second-order valence-electron chi connectivity index (χ2n) is 5.30. The molecule has 0 aromatic heterocycles. The first-order valence-electron chi connectivity index (χ1n) is 7.46. The largest absolute Gasteiger partial charge is 0.504 e. The SMILES string of the molecule is COc1ccc(N2C(=O)C(=Cc3ccc(O)c(O)c3)SC2=S)c(OC)c1. The van der Waals surface area contributed by atoms with Crippen LogP contribution in [0.1, 0.15) is 5.56 Å². The van der Waals surface area contributed by atoms with E-state index in [9.17, 15) is 15.0 Å². The molecule has 1 heterocycles. The van der Waals surface area contributed by atoms with Crippen LogP contribution in [0.15, 0.2) is 41.3 Å². The number of aromatic hydroxyl groups is 2. The molecule has 0 bridgehead atoms. The number of thiocarbonyl (C=S) groups is 1. The van der Waals surface area contributed by atoms with Crippen molar-refractivity contribution in [3.05, 3.63) is 46.9 Å². The molecule has 3 rings (SSSR count). The van der Waals surface area contributed by atoms with Crippen molar-refractivity contribution in [1.82, 2.24) is 0 Å². The number of hydrogen-bond donors (Lipinski definition) is 2. The summed E-state index contributed by atoms with van der Waals surface area (Å²) < 4.78 is 10.9. The van der Waals surface area contributed by atoms with Crippen molar-refractivity contribution in [3.8, 4) is 23.0 Å². The lowest BCUT2D eigenvalue weighted by molar-refractivity contribution is -0.113. The summed E-state index contributed by atoms with van der Waals surface area (Å²) in [5.41, 5.74) is 1.09. The highest BCUT2D eigenvalue weighted by molar-refractivity contribution is 8.27. The van der Waals surface area contributed by atoms with Gasteiger partial charge in [-0.25, -0.2) is 0 Å². The summed E-state index contributed by atoms with van der Waals surface area (Å²) in [4.78, 5) is 14.6. The Bertz CT molecular complexity index is 926. The average Bonchev–Trinajstić information content (AvgIpc) is 2.91. The van der Waals surface area contributed by atoms with Crippen molar-refractivity contribution in [3.63, 3.8) is 0 Å². The van der Waals surface area contributed by atoms with Gasteiger partial charge in [-0.05, 0) is 35.9 Å². The standard InChI is InChI=1S/C18H15NO5S2/c1-23-11-4-5-12(15(9-11)24-2)19-17(22)16(26-18(19)25)8-10-3-6-13(20)14(21)7-10/h3-9,20-21H,1-2H3. The van der Waals surface area contributed by atoms with E-state index < -0.39 is 0 Å². The Morgan fingerprint density at radius 3 is 2.50 bits per heavy atom. The zero-order chi connectivity index (χ0) is 18.8. The topological polar surface area (TPSA) is 79.2 Å². The summed E-state index contributed by atoms with van der Waals surface area (Å²) in [5, 5.41) is 19.0. The van der Waals surface area contributed by atoms with E-state index in [1.54, 1.807) is 37.5 Å². The number of rotatable bonds is 4. The minimum atomic E-state index is -0.295. The van der Waals surface area contributed by atoms with Crippen LogP contribution in [0.4, 0.5) is 5.69 Å². The van der Waals surface area contributed by atoms with Crippen LogP contribution in [0.3, 0.4) is 0 Å². The summed E-state index contributed by atoms with van der Waals surface area (Å²) >= 11 is 6.51. The lowest BCUT2D eigenvalue weighted by Crippen LogP contribution is -2.27. The van der Waals surface area contributed by atoms with Gasteiger partial charge >= 0.3 is 0 Å². The van der Waals surface area contributed by atoms with Gasteiger partial charge in [-0.2, -0.15) is 0 Å². The quantitative estimate of drug-likeness (QED) is 0.470. The van der Waals surface area contributed by atoms with Crippen LogP contribution in [0, 0.1) is 0 Å². The molecule has 1 fully saturated rings. The molecule has 1 aliphatic rings. The molecular weight excluding hydrogens is 374 g/mol. The molecule has 1 aliphatic heterocycles. The molecule has 1 amide bonds. The van der Waals surface area contributed by atoms with Gasteiger partial charge in [-0.1, -0.05) is 30.0 Å². The molecule has 26 heavy (non-hydrogen) atoms. The lowest BCUT2D eigenvalue weighted by atomic mass is 10.2. The maximum atomic E-state index is 12.8. The molecule has 2 aromatic carbocycles. The zero-order valence-corrected chi connectivity index (χ0v) is 15.6. The highest BCUT2D eigenvalue weighted by atomic mass is 32.2. The third-order valence-electron chi connectivity index (χ3n) is 3.72. The number of phenolic OH excluding ortho intramolecular Hbond substituents is 2. The van der Waals surface area contributed by atoms with Crippen LogP contribution in [0.2, 0.25) is 0 Å². The molecule has 2 N–H and O–H groups in total. The first-order valence-corrected chi connectivity index (χ1v) is 8.69. The third-order valence-corrected chi connectivity index (χ3v) is 5.02. The number of ether oxygens (including phenoxy) is 2. The number of hydrogen-bond acceptors (Lipinski definition) is 7. The fraction of sp³-hybridized carbons (Fsp3) is 0.111. The maximum absolute atomic E-state index is 12.8. The smallest absolute Gasteiger partial charge is 0.270 e. The van der Waals surface area contributed by atoms with E-state index in [1.165, 1.54) is 24.1 Å². The van der Waals surface area contributed by atoms with Gasteiger partial charge in [0.05, 0.1) is 24.8 Å². The van der Waals surface area contributed by atoms with E-state index >= 15 is 0 Å². The number of amides is 1. The van der Waals surface area contributed by atoms with Crippen molar-refractivity contribution in [1.29, 1.82) is 0 Å². The summed E-state index contributed by atoms with van der Waals surface area (Å²) in [7, 11) is 3.05. The predicted octanol–water partition coefficient (Wildman–Crippen LogP) is 3.52. The van der Waals surface area contributed by atoms with Crippen molar-refractivity contribution < 1.29 is 24.5 Å². The summed E-state index contributed by atoms with van der Waals surface area (Å²) in [6, 6.07) is 9.42. The van der Waals surface area contributed by atoms with Gasteiger partial charge in [0.25, 0.3) is 5.91 Å². The van der Waals surface area contributed by atoms with Crippen molar-refractivity contribution in [2.24, 2.45) is 0 Å². The maximum Gasteiger partial charge on any atom is 0.270 e. The third kappa shape index (κ3) is 3.33. The number of thioether (sulfide) groups is 1. The fourth-order valence-corrected chi connectivity index (χ4v) is 3.71. The Kier molecular flexibility index (Phi) is 5.06. The predicted molar refractivity (Wildman–Crippen MR) is 105 cm³/mol. The minimum Gasteiger partial charge on any atom is -0.504 e. The molecular formula is C18H15NO5S2. The minimum absolute atomic E-state index is 0.224. The summed E-state index contributed by atoms with van der Waals surface area (Å²) in [6.45, 7) is 0. The lowest BCUT2D eigenvalue weighted by Gasteiger charge is -2.18. The van der Waals surface area contributed by atoms with E-state index in [-0.39, 0.29) is 17.4 Å². The van der Waals surface area contributed by atoms with E-state index in [0.717, 1.165) is 11.8 Å². The molecule has 0 unspecified atom stereocenters. The second kappa shape index (κ2) is 7.27. The van der Waals surface area contributed by atoms with Crippen LogP contribution in [-0.2, 0) is 4.79 Å². The van der Waals surface area contributed by atoms with E-state index in [2.05, 4.69) is 0 Å². The molecule has 0 radical (unpaired) electrons. The normalized spacial score (nSPS) is 15.6. The number of carbonyl (C=O) groups excluding carboxylic acids is 1. The Labute approximate surface area is 159 Å². The molecule has 0 aliphatic carbocycles. The number of methoxy groups -OCH3 is 2. The Morgan fingerprint density at radius 2 is 1.85 bits per heavy atom. The van der Waals surface area contributed by atoms with E-state index in [4.69, 9.17) is 21.7 Å². The van der Waals surface area contributed by atoms with Gasteiger partial charge in [-0.3, -0.25) is 9.69 Å².